The minimum Gasteiger partial charge on any atom is -0.464 e. The summed E-state index contributed by atoms with van der Waals surface area (Å²) in [7, 11) is 0. The summed E-state index contributed by atoms with van der Waals surface area (Å²) < 4.78 is 19.5. The van der Waals surface area contributed by atoms with E-state index in [-0.39, 0.29) is 0 Å². The van der Waals surface area contributed by atoms with Gasteiger partial charge in [-0.1, -0.05) is 71.9 Å². The molecule has 6 heteroatoms. The van der Waals surface area contributed by atoms with Gasteiger partial charge < -0.3 is 13.4 Å². The predicted octanol–water partition coefficient (Wildman–Crippen LogP) is 10.6. The Balaban J connectivity index is 1.52. The van der Waals surface area contributed by atoms with E-state index in [9.17, 15) is 0 Å². The molecule has 5 aromatic heterocycles. The topological polar surface area (TPSA) is 65.2 Å². The molecule has 198 valence electrons. The second-order valence-corrected chi connectivity index (χ2v) is 11.3. The second-order valence-electron chi connectivity index (χ2n) is 10.2. The molecule has 0 aliphatic carbocycles. The quantitative estimate of drug-likeness (QED) is 0.214. The Hall–Kier alpha value is -5.46. The lowest BCUT2D eigenvalue weighted by molar-refractivity contribution is 0.459. The summed E-state index contributed by atoms with van der Waals surface area (Å²) in [6.07, 6.45) is 3.53. The molecule has 0 atom stereocenters. The van der Waals surface area contributed by atoms with Crippen LogP contribution >= 0.6 is 11.3 Å². The van der Waals surface area contributed by atoms with Crippen LogP contribution in [0.1, 0.15) is 0 Å². The minimum absolute atomic E-state index is 0.695. The van der Waals surface area contributed by atoms with Gasteiger partial charge in [-0.3, -0.25) is 0 Å². The van der Waals surface area contributed by atoms with Crippen LogP contribution in [0.5, 0.6) is 0 Å². The Morgan fingerprint density at radius 2 is 1.48 bits per heavy atom. The van der Waals surface area contributed by atoms with Crippen LogP contribution in [0.15, 0.2) is 135 Å². The fraction of sp³-hybridized carbons (Fsp3) is 0. The van der Waals surface area contributed by atoms with E-state index in [0.29, 0.717) is 11.3 Å². The third kappa shape index (κ3) is 3.42. The summed E-state index contributed by atoms with van der Waals surface area (Å²) in [5.41, 5.74) is 5.80. The molecule has 0 amide bonds. The first-order chi connectivity index (χ1) is 20.8. The van der Waals surface area contributed by atoms with Crippen LogP contribution in [0.3, 0.4) is 0 Å². The van der Waals surface area contributed by atoms with Crippen LogP contribution in [0.4, 0.5) is 0 Å². The molecule has 0 saturated carbocycles. The molecule has 0 N–H and O–H groups in total. The normalized spacial score (nSPS) is 11.8. The molecule has 9 rings (SSSR count). The predicted molar refractivity (Wildman–Crippen MR) is 168 cm³/mol. The lowest BCUT2D eigenvalue weighted by atomic mass is 9.90. The number of rotatable bonds is 4. The third-order valence-electron chi connectivity index (χ3n) is 7.81. The van der Waals surface area contributed by atoms with E-state index in [4.69, 9.17) is 18.3 Å². The summed E-state index contributed by atoms with van der Waals surface area (Å²) in [6.45, 7) is 0. The fourth-order valence-corrected chi connectivity index (χ4v) is 7.05. The van der Waals surface area contributed by atoms with Crippen LogP contribution < -0.4 is 0 Å². The summed E-state index contributed by atoms with van der Waals surface area (Å²) in [4.78, 5) is 6.40. The maximum Gasteiger partial charge on any atom is 0.167 e. The van der Waals surface area contributed by atoms with E-state index in [1.54, 1.807) is 17.6 Å². The maximum absolute atomic E-state index is 6.48. The maximum atomic E-state index is 6.48. The van der Waals surface area contributed by atoms with Crippen molar-refractivity contribution in [2.45, 2.75) is 0 Å². The molecule has 5 heterocycles. The fourth-order valence-electron chi connectivity index (χ4n) is 5.94. The van der Waals surface area contributed by atoms with Crippen molar-refractivity contribution in [1.29, 1.82) is 0 Å². The Labute approximate surface area is 243 Å². The number of furan rings is 2. The van der Waals surface area contributed by atoms with Gasteiger partial charge in [-0.15, -0.1) is 11.3 Å². The Morgan fingerprint density at radius 1 is 0.643 bits per heavy atom. The SMILES string of the molecule is c1coc(-c2cccc3nc(-c4noc5ccccc45)c(-c4cc5ccccc5s4)c(-c4occ5ccccc45)c23)c1. The van der Waals surface area contributed by atoms with Gasteiger partial charge in [-0.05, 0) is 47.9 Å². The Bertz CT molecular complexity index is 2400. The molecule has 0 spiro atoms. The van der Waals surface area contributed by atoms with Crippen molar-refractivity contribution in [1.82, 2.24) is 10.1 Å². The third-order valence-corrected chi connectivity index (χ3v) is 8.94. The van der Waals surface area contributed by atoms with Crippen molar-refractivity contribution in [2.75, 3.05) is 0 Å². The number of thiophene rings is 1. The number of benzene rings is 4. The average Bonchev–Trinajstić information content (AvgIpc) is 3.85. The summed E-state index contributed by atoms with van der Waals surface area (Å²) in [6, 6.07) is 36.9. The van der Waals surface area contributed by atoms with Crippen molar-refractivity contribution in [3.63, 3.8) is 0 Å². The van der Waals surface area contributed by atoms with Crippen molar-refractivity contribution in [3.8, 4) is 44.5 Å². The van der Waals surface area contributed by atoms with Gasteiger partial charge in [0.05, 0.1) is 23.4 Å². The number of pyridine rings is 1. The largest absolute Gasteiger partial charge is 0.464 e. The minimum atomic E-state index is 0.695. The molecular weight excluding hydrogens is 540 g/mol. The Kier molecular flexibility index (Phi) is 5.00. The highest BCUT2D eigenvalue weighted by molar-refractivity contribution is 7.22. The molecular formula is C36H20N2O3S. The lowest BCUT2D eigenvalue weighted by Gasteiger charge is -2.17. The Morgan fingerprint density at radius 3 is 2.36 bits per heavy atom. The zero-order valence-corrected chi connectivity index (χ0v) is 22.9. The van der Waals surface area contributed by atoms with E-state index in [1.807, 2.05) is 66.9 Å². The highest BCUT2D eigenvalue weighted by atomic mass is 32.1. The molecule has 0 unspecified atom stereocenters. The monoisotopic (exact) mass is 560 g/mol. The number of hydrogen-bond acceptors (Lipinski definition) is 6. The van der Waals surface area contributed by atoms with Gasteiger partial charge in [-0.25, -0.2) is 4.98 Å². The molecule has 0 bridgehead atoms. The molecule has 0 radical (unpaired) electrons. The summed E-state index contributed by atoms with van der Waals surface area (Å²) >= 11 is 1.73. The molecule has 0 fully saturated rings. The zero-order valence-electron chi connectivity index (χ0n) is 22.1. The summed E-state index contributed by atoms with van der Waals surface area (Å²) in [5.74, 6) is 1.54. The van der Waals surface area contributed by atoms with Gasteiger partial charge in [0.25, 0.3) is 0 Å². The lowest BCUT2D eigenvalue weighted by Crippen LogP contribution is -1.97. The first-order valence-corrected chi connectivity index (χ1v) is 14.5. The van der Waals surface area contributed by atoms with E-state index in [1.165, 1.54) is 10.1 Å². The highest BCUT2D eigenvalue weighted by Gasteiger charge is 2.28. The van der Waals surface area contributed by atoms with Crippen LogP contribution in [0.25, 0.3) is 87.2 Å². The number of fused-ring (bicyclic) bond motifs is 4. The van der Waals surface area contributed by atoms with Gasteiger partial charge >= 0.3 is 0 Å². The van der Waals surface area contributed by atoms with Crippen molar-refractivity contribution >= 4 is 54.1 Å². The van der Waals surface area contributed by atoms with E-state index >= 15 is 0 Å². The first-order valence-electron chi connectivity index (χ1n) is 13.6. The second kappa shape index (κ2) is 9.03. The van der Waals surface area contributed by atoms with Gasteiger partial charge in [0, 0.05) is 42.4 Å². The van der Waals surface area contributed by atoms with Crippen LogP contribution in [-0.2, 0) is 0 Å². The van der Waals surface area contributed by atoms with Gasteiger partial charge in [0.2, 0.25) is 0 Å². The van der Waals surface area contributed by atoms with Crippen LogP contribution in [0.2, 0.25) is 0 Å². The number of hydrogen-bond donors (Lipinski definition) is 0. The number of para-hydroxylation sites is 1. The smallest absolute Gasteiger partial charge is 0.167 e. The number of nitrogens with zero attached hydrogens (tertiary/aromatic N) is 2. The van der Waals surface area contributed by atoms with Gasteiger partial charge in [-0.2, -0.15) is 0 Å². The van der Waals surface area contributed by atoms with Gasteiger partial charge in [0.1, 0.15) is 22.9 Å². The molecule has 0 aliphatic heterocycles. The standard InChI is InChI=1S/C36H20N2O3S/c1-3-11-23-22(10-1)20-40-36(23)33-31-24(27-16-8-18-39-27)13-7-14-26(31)37-35(34-25-12-4-5-15-28(25)41-38-34)32(33)30-19-21-9-2-6-17-29(21)42-30/h1-20H. The first kappa shape index (κ1) is 23.3. The van der Waals surface area contributed by atoms with E-state index in [0.717, 1.165) is 65.8 Å². The van der Waals surface area contributed by atoms with Crippen molar-refractivity contribution in [3.05, 3.63) is 122 Å². The average molecular weight is 561 g/mol. The molecule has 0 aliphatic rings. The number of aromatic nitrogens is 2. The molecule has 4 aromatic carbocycles. The van der Waals surface area contributed by atoms with E-state index < -0.39 is 0 Å². The highest BCUT2D eigenvalue weighted by Crippen LogP contribution is 2.50. The molecule has 5 nitrogen and oxygen atoms in total. The zero-order chi connectivity index (χ0) is 27.6. The van der Waals surface area contributed by atoms with Crippen LogP contribution in [-0.4, -0.2) is 10.1 Å². The van der Waals surface area contributed by atoms with Gasteiger partial charge in [0.15, 0.2) is 5.58 Å². The molecule has 0 saturated heterocycles. The van der Waals surface area contributed by atoms with Crippen molar-refractivity contribution in [2.24, 2.45) is 0 Å². The molecule has 9 aromatic rings. The summed E-state index contributed by atoms with van der Waals surface area (Å²) in [5, 5.41) is 9.68. The van der Waals surface area contributed by atoms with Crippen LogP contribution in [0, 0.1) is 0 Å². The molecule has 42 heavy (non-hydrogen) atoms. The van der Waals surface area contributed by atoms with Crippen molar-refractivity contribution < 1.29 is 13.4 Å². The van der Waals surface area contributed by atoms with E-state index in [2.05, 4.69) is 53.7 Å².